The first-order valence-electron chi connectivity index (χ1n) is 13.2. The molecule has 0 aromatic carbocycles. The van der Waals surface area contributed by atoms with Gasteiger partial charge in [0.1, 0.15) is 6.54 Å². The van der Waals surface area contributed by atoms with E-state index in [1.165, 1.54) is 114 Å². The van der Waals surface area contributed by atoms with Gasteiger partial charge < -0.3 is 47.7 Å². The summed E-state index contributed by atoms with van der Waals surface area (Å²) < 4.78 is 7.82. The lowest BCUT2D eigenvalue weighted by molar-refractivity contribution is -0.891. The number of nitrogens with zero attached hydrogens (tertiary/aromatic N) is 2. The number of likely N-dealkylation sites (N-methyl/N-ethyl adjacent to an activating group) is 1. The van der Waals surface area contributed by atoms with Crippen molar-refractivity contribution in [3.05, 3.63) is 12.7 Å². The zero-order valence-electron chi connectivity index (χ0n) is 22.5. The van der Waals surface area contributed by atoms with Crippen LogP contribution in [0.1, 0.15) is 96.8 Å². The van der Waals surface area contributed by atoms with E-state index in [9.17, 15) is 0 Å². The van der Waals surface area contributed by atoms with Gasteiger partial charge in [-0.05, 0) is 38.5 Å². The van der Waals surface area contributed by atoms with Crippen LogP contribution in [0.4, 0.5) is 0 Å². The molecule has 0 saturated carbocycles. The second-order valence-electron chi connectivity index (χ2n) is 10.7. The van der Waals surface area contributed by atoms with Crippen molar-refractivity contribution >= 4 is 0 Å². The van der Waals surface area contributed by atoms with Crippen molar-refractivity contribution < 1.29 is 47.7 Å². The Morgan fingerprint density at radius 2 is 0.906 bits per heavy atom. The summed E-state index contributed by atoms with van der Waals surface area (Å²) >= 11 is 0. The molecule has 0 heterocycles. The van der Waals surface area contributed by atoms with Gasteiger partial charge in [-0.15, -0.1) is 6.58 Å². The highest BCUT2D eigenvalue weighted by Crippen LogP contribution is 2.13. The minimum absolute atomic E-state index is 0. The summed E-state index contributed by atoms with van der Waals surface area (Å²) in [6.07, 6.45) is 21.6. The molecule has 0 amide bonds. The van der Waals surface area contributed by atoms with Gasteiger partial charge in [0.15, 0.2) is 0 Å². The van der Waals surface area contributed by atoms with Crippen LogP contribution < -0.4 is 34.0 Å². The summed E-state index contributed by atoms with van der Waals surface area (Å²) in [5.74, 6) is 0. The lowest BCUT2D eigenvalue weighted by Crippen LogP contribution is -3.00. The fourth-order valence-corrected chi connectivity index (χ4v) is 4.16. The molecule has 0 bridgehead atoms. The lowest BCUT2D eigenvalue weighted by atomic mass is 10.1. The topological polar surface area (TPSA) is 9.23 Å². The summed E-state index contributed by atoms with van der Waals surface area (Å²) in [7, 11) is 9.50. The number of halogens is 2. The van der Waals surface area contributed by atoms with Crippen LogP contribution in [0, 0.1) is 0 Å². The Hall–Kier alpha value is 0.580. The third-order valence-corrected chi connectivity index (χ3v) is 6.47. The molecule has 0 aliphatic rings. The van der Waals surface area contributed by atoms with Crippen LogP contribution in [0.15, 0.2) is 12.7 Å². The number of hydrogen-bond acceptors (Lipinski definition) is 1. The third-order valence-electron chi connectivity index (χ3n) is 6.47. The second-order valence-corrected chi connectivity index (χ2v) is 10.7. The smallest absolute Gasteiger partial charge is 0.102 e. The van der Waals surface area contributed by atoms with Crippen LogP contribution >= 0.6 is 0 Å². The first kappa shape index (κ1) is 37.1. The molecule has 0 atom stereocenters. The highest BCUT2D eigenvalue weighted by Gasteiger charge is 2.15. The molecule has 0 N–H and O–H groups in total. The first-order chi connectivity index (χ1) is 14.3. The molecular weight excluding hydrogens is 528 g/mol. The molecular formula is C27H58Br2N2O. The van der Waals surface area contributed by atoms with E-state index in [2.05, 4.69) is 41.7 Å². The van der Waals surface area contributed by atoms with Crippen LogP contribution in [0.2, 0.25) is 0 Å². The average Bonchev–Trinajstić information content (AvgIpc) is 2.69. The Kier molecular flexibility index (Phi) is 28.7. The molecule has 0 rings (SSSR count). The van der Waals surface area contributed by atoms with Gasteiger partial charge in [-0.1, -0.05) is 64.4 Å². The molecule has 0 aliphatic heterocycles. The zero-order valence-corrected chi connectivity index (χ0v) is 25.7. The van der Waals surface area contributed by atoms with Crippen molar-refractivity contribution in [1.82, 2.24) is 0 Å². The number of ether oxygens (including phenoxy) is 1. The van der Waals surface area contributed by atoms with E-state index >= 15 is 0 Å². The summed E-state index contributed by atoms with van der Waals surface area (Å²) in [4.78, 5) is 0. The van der Waals surface area contributed by atoms with E-state index in [-0.39, 0.29) is 34.0 Å². The molecule has 32 heavy (non-hydrogen) atoms. The summed E-state index contributed by atoms with van der Waals surface area (Å²) in [6, 6.07) is 0. The Bertz CT molecular complexity index is 390. The molecule has 196 valence electrons. The van der Waals surface area contributed by atoms with Gasteiger partial charge in [-0.3, -0.25) is 0 Å². The van der Waals surface area contributed by atoms with Crippen molar-refractivity contribution in [2.45, 2.75) is 96.8 Å². The quantitative estimate of drug-likeness (QED) is 0.0980. The molecule has 0 radical (unpaired) electrons. The van der Waals surface area contributed by atoms with E-state index in [1.807, 2.05) is 6.08 Å². The van der Waals surface area contributed by atoms with Gasteiger partial charge in [0, 0.05) is 0 Å². The Morgan fingerprint density at radius 3 is 1.28 bits per heavy atom. The maximum atomic E-state index is 5.54. The van der Waals surface area contributed by atoms with Crippen molar-refractivity contribution in [3.63, 3.8) is 0 Å². The number of unbranched alkanes of at least 4 members (excludes halogenated alkanes) is 12. The van der Waals surface area contributed by atoms with Gasteiger partial charge in [0.05, 0.1) is 61.0 Å². The average molecular weight is 587 g/mol. The summed E-state index contributed by atoms with van der Waals surface area (Å²) in [5, 5.41) is 0. The van der Waals surface area contributed by atoms with Gasteiger partial charge in [-0.2, -0.15) is 0 Å². The summed E-state index contributed by atoms with van der Waals surface area (Å²) in [5.41, 5.74) is 0. The maximum absolute atomic E-state index is 5.54. The van der Waals surface area contributed by atoms with Crippen LogP contribution in [-0.2, 0) is 4.74 Å². The molecule has 5 heteroatoms. The van der Waals surface area contributed by atoms with Crippen LogP contribution in [0.5, 0.6) is 0 Å². The number of rotatable bonds is 23. The molecule has 0 aromatic rings. The van der Waals surface area contributed by atoms with E-state index < -0.39 is 0 Å². The Morgan fingerprint density at radius 1 is 0.562 bits per heavy atom. The predicted molar refractivity (Wildman–Crippen MR) is 135 cm³/mol. The minimum atomic E-state index is 0. The highest BCUT2D eigenvalue weighted by atomic mass is 79.9. The number of hydrogen-bond donors (Lipinski definition) is 0. The predicted octanol–water partition coefficient (Wildman–Crippen LogP) is 0.831. The van der Waals surface area contributed by atoms with Crippen LogP contribution in [-0.4, -0.2) is 76.5 Å². The van der Waals surface area contributed by atoms with E-state index in [0.717, 1.165) is 17.6 Å². The molecule has 0 aromatic heterocycles. The van der Waals surface area contributed by atoms with Crippen LogP contribution in [0.25, 0.3) is 0 Å². The molecule has 3 nitrogen and oxygen atoms in total. The van der Waals surface area contributed by atoms with Crippen molar-refractivity contribution in [1.29, 1.82) is 0 Å². The SMILES string of the molecule is C=CCOCC[N+](C)(C)CCCCCC[N+](C)(C)CCCCCCCCCCCC.[Br-].[Br-]. The van der Waals surface area contributed by atoms with Crippen LogP contribution in [0.3, 0.4) is 0 Å². The maximum Gasteiger partial charge on any atom is 0.102 e. The monoisotopic (exact) mass is 584 g/mol. The van der Waals surface area contributed by atoms with Crippen molar-refractivity contribution in [2.24, 2.45) is 0 Å². The first-order valence-corrected chi connectivity index (χ1v) is 13.2. The van der Waals surface area contributed by atoms with E-state index in [0.29, 0.717) is 6.61 Å². The number of quaternary nitrogens is 2. The fourth-order valence-electron chi connectivity index (χ4n) is 4.16. The Balaban J connectivity index is -0.00000420. The standard InChI is InChI=1S/C27H58N2O.2BrH/c1-7-9-10-11-12-13-14-15-16-19-22-28(3,4)23-20-17-18-21-24-29(5,6)25-27-30-26-8-2;;/h8H,2,7,9-27H2,1,3-6H3;2*1H/q+2;;/p-2. The molecule has 0 spiro atoms. The molecule has 0 unspecified atom stereocenters. The van der Waals surface area contributed by atoms with Gasteiger partial charge in [0.25, 0.3) is 0 Å². The molecule has 0 aliphatic carbocycles. The van der Waals surface area contributed by atoms with E-state index in [4.69, 9.17) is 4.74 Å². The van der Waals surface area contributed by atoms with Crippen molar-refractivity contribution in [3.8, 4) is 0 Å². The van der Waals surface area contributed by atoms with Gasteiger partial charge >= 0.3 is 0 Å². The lowest BCUT2D eigenvalue weighted by Gasteiger charge is -2.30. The third kappa shape index (κ3) is 26.8. The van der Waals surface area contributed by atoms with Gasteiger partial charge in [-0.25, -0.2) is 0 Å². The van der Waals surface area contributed by atoms with Crippen molar-refractivity contribution in [2.75, 3.05) is 67.6 Å². The Labute approximate surface area is 224 Å². The molecule has 0 saturated heterocycles. The normalized spacial score (nSPS) is 11.7. The molecule has 0 fully saturated rings. The zero-order chi connectivity index (χ0) is 22.6. The largest absolute Gasteiger partial charge is 1.00 e. The second kappa shape index (κ2) is 24.7. The fraction of sp³-hybridized carbons (Fsp3) is 0.926. The minimum Gasteiger partial charge on any atom is -1.00 e. The van der Waals surface area contributed by atoms with Gasteiger partial charge in [0.2, 0.25) is 0 Å². The van der Waals surface area contributed by atoms with E-state index in [1.54, 1.807) is 0 Å². The summed E-state index contributed by atoms with van der Waals surface area (Å²) in [6.45, 7) is 12.6. The highest BCUT2D eigenvalue weighted by molar-refractivity contribution is 4.63.